The molecule has 1 aromatic rings. The molecule has 2 rings (SSSR count). The Morgan fingerprint density at radius 3 is 2.82 bits per heavy atom. The first-order chi connectivity index (χ1) is 10.7. The van der Waals surface area contributed by atoms with Gasteiger partial charge in [0.05, 0.1) is 23.9 Å². The summed E-state index contributed by atoms with van der Waals surface area (Å²) in [6, 6.07) is 1.94. The van der Waals surface area contributed by atoms with E-state index in [9.17, 15) is 10.1 Å². The van der Waals surface area contributed by atoms with Crippen LogP contribution in [0.5, 0.6) is 0 Å². The van der Waals surface area contributed by atoms with E-state index in [4.69, 9.17) is 5.73 Å². The van der Waals surface area contributed by atoms with Gasteiger partial charge < -0.3 is 5.73 Å². The van der Waals surface area contributed by atoms with Crippen molar-refractivity contribution in [2.45, 2.75) is 70.3 Å². The monoisotopic (exact) mass is 303 g/mol. The van der Waals surface area contributed by atoms with Gasteiger partial charge in [-0.2, -0.15) is 5.26 Å². The van der Waals surface area contributed by atoms with Crippen LogP contribution in [0, 0.1) is 17.2 Å². The van der Waals surface area contributed by atoms with Crippen LogP contribution >= 0.6 is 0 Å². The highest BCUT2D eigenvalue weighted by Crippen LogP contribution is 2.35. The van der Waals surface area contributed by atoms with Crippen molar-refractivity contribution in [3.05, 3.63) is 11.9 Å². The van der Waals surface area contributed by atoms with Crippen LogP contribution in [0.15, 0.2) is 6.20 Å². The lowest BCUT2D eigenvalue weighted by atomic mass is 9.78. The zero-order valence-electron chi connectivity index (χ0n) is 13.2. The first-order valence-electron chi connectivity index (χ1n) is 8.28. The molecule has 1 aliphatic carbocycles. The predicted octanol–water partition coefficient (Wildman–Crippen LogP) is 2.68. The molecule has 0 saturated heterocycles. The minimum atomic E-state index is -0.375. The van der Waals surface area contributed by atoms with Gasteiger partial charge >= 0.3 is 0 Å². The van der Waals surface area contributed by atoms with Gasteiger partial charge in [-0.05, 0) is 25.2 Å². The van der Waals surface area contributed by atoms with Crippen molar-refractivity contribution in [3.63, 3.8) is 0 Å². The van der Waals surface area contributed by atoms with E-state index in [2.05, 4.69) is 23.3 Å². The summed E-state index contributed by atoms with van der Waals surface area (Å²) >= 11 is 0. The molecule has 0 radical (unpaired) electrons. The Labute approximate surface area is 131 Å². The first kappa shape index (κ1) is 16.5. The molecule has 0 aromatic carbocycles. The number of primary amides is 1. The smallest absolute Gasteiger partial charge is 0.226 e. The second-order valence-corrected chi connectivity index (χ2v) is 6.19. The minimum absolute atomic E-state index is 0.257. The van der Waals surface area contributed by atoms with Gasteiger partial charge in [-0.15, -0.1) is 5.10 Å². The molecule has 6 heteroatoms. The SMILES string of the molecule is CCCC[C@@H](C#N)n1cc(C(C(N)=O)C2CCCCC2)nn1. The van der Waals surface area contributed by atoms with E-state index in [0.717, 1.165) is 44.9 Å². The van der Waals surface area contributed by atoms with E-state index >= 15 is 0 Å². The quantitative estimate of drug-likeness (QED) is 0.837. The average Bonchev–Trinajstić information content (AvgIpc) is 2.98. The molecule has 0 bridgehead atoms. The third kappa shape index (κ3) is 3.85. The molecule has 6 nitrogen and oxygen atoms in total. The van der Waals surface area contributed by atoms with Crippen LogP contribution in [0.3, 0.4) is 0 Å². The number of aromatic nitrogens is 3. The zero-order valence-corrected chi connectivity index (χ0v) is 13.2. The van der Waals surface area contributed by atoms with Gasteiger partial charge in [0, 0.05) is 0 Å². The Morgan fingerprint density at radius 1 is 1.50 bits per heavy atom. The van der Waals surface area contributed by atoms with Crippen LogP contribution in [0.1, 0.15) is 75.9 Å². The van der Waals surface area contributed by atoms with E-state index in [0.29, 0.717) is 5.69 Å². The summed E-state index contributed by atoms with van der Waals surface area (Å²) in [4.78, 5) is 11.9. The summed E-state index contributed by atoms with van der Waals surface area (Å²) in [6.45, 7) is 2.09. The molecule has 1 aliphatic rings. The maximum Gasteiger partial charge on any atom is 0.226 e. The normalized spacial score (nSPS) is 18.5. The molecule has 2 N–H and O–H groups in total. The topological polar surface area (TPSA) is 97.6 Å². The lowest BCUT2D eigenvalue weighted by Crippen LogP contribution is -2.29. The Hall–Kier alpha value is -1.90. The van der Waals surface area contributed by atoms with Crippen molar-refractivity contribution < 1.29 is 4.79 Å². The van der Waals surface area contributed by atoms with Crippen LogP contribution < -0.4 is 5.73 Å². The summed E-state index contributed by atoms with van der Waals surface area (Å²) < 4.78 is 1.59. The average molecular weight is 303 g/mol. The van der Waals surface area contributed by atoms with Crippen molar-refractivity contribution in [3.8, 4) is 6.07 Å². The first-order valence-corrected chi connectivity index (χ1v) is 8.28. The summed E-state index contributed by atoms with van der Waals surface area (Å²) in [5.74, 6) is -0.451. The second-order valence-electron chi connectivity index (χ2n) is 6.19. The number of amides is 1. The van der Waals surface area contributed by atoms with Crippen LogP contribution in [-0.2, 0) is 4.79 Å². The van der Waals surface area contributed by atoms with E-state index in [1.807, 2.05) is 0 Å². The van der Waals surface area contributed by atoms with Crippen molar-refractivity contribution in [1.29, 1.82) is 5.26 Å². The summed E-state index contributed by atoms with van der Waals surface area (Å²) in [5, 5.41) is 17.5. The Morgan fingerprint density at radius 2 is 2.23 bits per heavy atom. The van der Waals surface area contributed by atoms with Gasteiger partial charge in [0.2, 0.25) is 5.91 Å². The van der Waals surface area contributed by atoms with Crippen LogP contribution in [0.4, 0.5) is 0 Å². The van der Waals surface area contributed by atoms with Gasteiger partial charge in [0.25, 0.3) is 0 Å². The molecule has 0 spiro atoms. The molecule has 22 heavy (non-hydrogen) atoms. The van der Waals surface area contributed by atoms with Gasteiger partial charge in [0.15, 0.2) is 0 Å². The molecule has 120 valence electrons. The molecule has 1 fully saturated rings. The van der Waals surface area contributed by atoms with Crippen LogP contribution in [-0.4, -0.2) is 20.9 Å². The van der Waals surface area contributed by atoms with Crippen LogP contribution in [0.25, 0.3) is 0 Å². The molecule has 2 atom stereocenters. The molecule has 0 aliphatic heterocycles. The predicted molar refractivity (Wildman–Crippen MR) is 82.7 cm³/mol. The van der Waals surface area contributed by atoms with Crippen molar-refractivity contribution in [2.24, 2.45) is 11.7 Å². The summed E-state index contributed by atoms with van der Waals surface area (Å²) in [6.07, 6.45) is 10.0. The van der Waals surface area contributed by atoms with E-state index in [1.165, 1.54) is 6.42 Å². The Balaban J connectivity index is 2.16. The maximum absolute atomic E-state index is 11.9. The third-order valence-corrected chi connectivity index (χ3v) is 4.57. The highest BCUT2D eigenvalue weighted by Gasteiger charge is 2.32. The number of hydrogen-bond acceptors (Lipinski definition) is 4. The molecule has 1 aromatic heterocycles. The fourth-order valence-electron chi connectivity index (χ4n) is 3.33. The maximum atomic E-state index is 11.9. The van der Waals surface area contributed by atoms with E-state index in [1.54, 1.807) is 10.9 Å². The highest BCUT2D eigenvalue weighted by molar-refractivity contribution is 5.81. The molecule has 1 saturated carbocycles. The largest absolute Gasteiger partial charge is 0.369 e. The van der Waals surface area contributed by atoms with Crippen molar-refractivity contribution in [1.82, 2.24) is 15.0 Å². The summed E-state index contributed by atoms with van der Waals surface area (Å²) in [5.41, 5.74) is 6.24. The van der Waals surface area contributed by atoms with Gasteiger partial charge in [0.1, 0.15) is 6.04 Å². The number of nitrogens with zero attached hydrogens (tertiary/aromatic N) is 4. The number of nitrogens with two attached hydrogens (primary N) is 1. The van der Waals surface area contributed by atoms with Crippen molar-refractivity contribution >= 4 is 5.91 Å². The summed E-state index contributed by atoms with van der Waals surface area (Å²) in [7, 11) is 0. The number of rotatable bonds is 7. The van der Waals surface area contributed by atoms with Gasteiger partial charge in [-0.3, -0.25) is 4.79 Å². The number of nitriles is 1. The molecule has 1 heterocycles. The molecule has 1 unspecified atom stereocenters. The Kier molecular flexibility index (Phi) is 5.93. The number of carbonyl (C=O) groups excluding carboxylic acids is 1. The zero-order chi connectivity index (χ0) is 15.9. The van der Waals surface area contributed by atoms with Crippen LogP contribution in [0.2, 0.25) is 0 Å². The fourth-order valence-corrected chi connectivity index (χ4v) is 3.33. The van der Waals surface area contributed by atoms with Gasteiger partial charge in [-0.1, -0.05) is 44.2 Å². The molecule has 1 amide bonds. The lowest BCUT2D eigenvalue weighted by Gasteiger charge is -2.26. The number of carbonyl (C=O) groups is 1. The Bertz CT molecular complexity index is 527. The second kappa shape index (κ2) is 7.92. The van der Waals surface area contributed by atoms with E-state index < -0.39 is 0 Å². The van der Waals surface area contributed by atoms with Gasteiger partial charge in [-0.25, -0.2) is 4.68 Å². The minimum Gasteiger partial charge on any atom is -0.369 e. The van der Waals surface area contributed by atoms with Crippen molar-refractivity contribution in [2.75, 3.05) is 0 Å². The number of hydrogen-bond donors (Lipinski definition) is 1. The van der Waals surface area contributed by atoms with E-state index in [-0.39, 0.29) is 23.8 Å². The third-order valence-electron chi connectivity index (χ3n) is 4.57. The molecular weight excluding hydrogens is 278 g/mol. The standard InChI is InChI=1S/C16H25N5O/c1-2-3-9-13(10-17)21-11-14(19-20-21)15(16(18)22)12-7-5-4-6-8-12/h11-13,15H,2-9H2,1H3,(H2,18,22)/t13-,15?/m0/s1. The number of unbranched alkanes of at least 4 members (excludes halogenated alkanes) is 1. The highest BCUT2D eigenvalue weighted by atomic mass is 16.1. The lowest BCUT2D eigenvalue weighted by molar-refractivity contribution is -0.121. The fraction of sp³-hybridized carbons (Fsp3) is 0.750. The molecular formula is C16H25N5O.